The Bertz CT molecular complexity index is 304. The molecule has 0 spiro atoms. The molecule has 0 amide bonds. The summed E-state index contributed by atoms with van der Waals surface area (Å²) in [4.78, 5) is 0. The Hall–Kier alpha value is -0.500. The third-order valence-electron chi connectivity index (χ3n) is 3.09. The van der Waals surface area contributed by atoms with E-state index >= 15 is 0 Å². The number of hydrogen-bond donors (Lipinski definition) is 0. The van der Waals surface area contributed by atoms with Crippen molar-refractivity contribution >= 4 is 11.6 Å². The molecule has 1 saturated carbocycles. The predicted octanol–water partition coefficient (Wildman–Crippen LogP) is 3.24. The topological polar surface area (TPSA) is 17.8 Å². The first-order chi connectivity index (χ1) is 7.29. The minimum absolute atomic E-state index is 0.422. The van der Waals surface area contributed by atoms with Crippen molar-refractivity contribution in [1.82, 2.24) is 9.78 Å². The Balaban J connectivity index is 1.68. The van der Waals surface area contributed by atoms with E-state index in [0.29, 0.717) is 5.38 Å². The second-order valence-electron chi connectivity index (χ2n) is 4.45. The molecule has 2 rings (SSSR count). The molecule has 3 heteroatoms. The van der Waals surface area contributed by atoms with Crippen LogP contribution in [0.3, 0.4) is 0 Å². The molecule has 0 saturated heterocycles. The van der Waals surface area contributed by atoms with E-state index in [1.54, 1.807) is 0 Å². The van der Waals surface area contributed by atoms with Crippen molar-refractivity contribution in [2.24, 2.45) is 5.92 Å². The van der Waals surface area contributed by atoms with Crippen LogP contribution in [0.2, 0.25) is 0 Å². The van der Waals surface area contributed by atoms with Gasteiger partial charge in [0.15, 0.2) is 0 Å². The number of alkyl halides is 1. The molecule has 1 unspecified atom stereocenters. The van der Waals surface area contributed by atoms with Crippen molar-refractivity contribution in [3.63, 3.8) is 0 Å². The van der Waals surface area contributed by atoms with Gasteiger partial charge in [-0.15, -0.1) is 11.6 Å². The third-order valence-corrected chi connectivity index (χ3v) is 3.66. The zero-order valence-electron chi connectivity index (χ0n) is 9.32. The Morgan fingerprint density at radius 2 is 2.40 bits per heavy atom. The van der Waals surface area contributed by atoms with Gasteiger partial charge in [0.1, 0.15) is 0 Å². The summed E-state index contributed by atoms with van der Waals surface area (Å²) in [6, 6.07) is 0. The van der Waals surface area contributed by atoms with Gasteiger partial charge in [0.05, 0.1) is 6.20 Å². The lowest BCUT2D eigenvalue weighted by atomic mass is 10.1. The van der Waals surface area contributed by atoms with E-state index < -0.39 is 0 Å². The molecule has 0 bridgehead atoms. The number of hydrogen-bond acceptors (Lipinski definition) is 1. The van der Waals surface area contributed by atoms with Gasteiger partial charge in [-0.05, 0) is 50.5 Å². The fourth-order valence-corrected chi connectivity index (χ4v) is 2.31. The molecule has 2 nitrogen and oxygen atoms in total. The van der Waals surface area contributed by atoms with Crippen LogP contribution in [0, 0.1) is 5.92 Å². The van der Waals surface area contributed by atoms with Crippen LogP contribution >= 0.6 is 11.6 Å². The zero-order chi connectivity index (χ0) is 10.7. The second kappa shape index (κ2) is 5.02. The van der Waals surface area contributed by atoms with Gasteiger partial charge in [-0.1, -0.05) is 0 Å². The van der Waals surface area contributed by atoms with Crippen LogP contribution in [-0.4, -0.2) is 15.2 Å². The number of aromatic nitrogens is 2. The Kier molecular flexibility index (Phi) is 3.68. The van der Waals surface area contributed by atoms with Crippen molar-refractivity contribution < 1.29 is 0 Å². The van der Waals surface area contributed by atoms with Crippen molar-refractivity contribution in [2.45, 2.75) is 50.9 Å². The van der Waals surface area contributed by atoms with E-state index in [-0.39, 0.29) is 0 Å². The average Bonchev–Trinajstić information content (AvgIpc) is 2.99. The van der Waals surface area contributed by atoms with Gasteiger partial charge in [0, 0.05) is 18.1 Å². The van der Waals surface area contributed by atoms with Crippen LogP contribution in [0.25, 0.3) is 0 Å². The van der Waals surface area contributed by atoms with Crippen molar-refractivity contribution in [2.75, 3.05) is 0 Å². The summed E-state index contributed by atoms with van der Waals surface area (Å²) in [6.07, 6.45) is 10.3. The Morgan fingerprint density at radius 1 is 1.60 bits per heavy atom. The van der Waals surface area contributed by atoms with Gasteiger partial charge >= 0.3 is 0 Å². The van der Waals surface area contributed by atoms with Gasteiger partial charge in [-0.25, -0.2) is 0 Å². The van der Waals surface area contributed by atoms with Gasteiger partial charge < -0.3 is 0 Å². The minimum atomic E-state index is 0.422. The highest BCUT2D eigenvalue weighted by Crippen LogP contribution is 2.37. The maximum absolute atomic E-state index is 6.26. The first-order valence-corrected chi connectivity index (χ1v) is 6.38. The highest BCUT2D eigenvalue weighted by molar-refractivity contribution is 6.20. The number of rotatable bonds is 6. The molecule has 15 heavy (non-hydrogen) atoms. The summed E-state index contributed by atoms with van der Waals surface area (Å²) in [5, 5.41) is 4.69. The highest BCUT2D eigenvalue weighted by atomic mass is 35.5. The maximum atomic E-state index is 6.26. The quantitative estimate of drug-likeness (QED) is 0.681. The van der Waals surface area contributed by atoms with Crippen LogP contribution in [0.15, 0.2) is 12.4 Å². The van der Waals surface area contributed by atoms with Crippen LogP contribution in [0.1, 0.15) is 38.2 Å². The van der Waals surface area contributed by atoms with Crippen molar-refractivity contribution in [3.8, 4) is 0 Å². The molecule has 0 radical (unpaired) electrons. The van der Waals surface area contributed by atoms with Crippen molar-refractivity contribution in [3.05, 3.63) is 18.0 Å². The van der Waals surface area contributed by atoms with Gasteiger partial charge in [-0.2, -0.15) is 5.10 Å². The van der Waals surface area contributed by atoms with Gasteiger partial charge in [0.2, 0.25) is 0 Å². The number of aryl methyl sites for hydroxylation is 2. The number of halogens is 1. The van der Waals surface area contributed by atoms with Crippen LogP contribution < -0.4 is 0 Å². The molecule has 1 heterocycles. The number of nitrogens with zero attached hydrogens (tertiary/aromatic N) is 2. The standard InChI is InChI=1S/C12H19ClN2/c1-2-15-9-10(8-14-15)4-3-5-12(13)11-6-7-11/h8-9,11-12H,2-7H2,1H3. The molecule has 1 aromatic rings. The lowest BCUT2D eigenvalue weighted by Gasteiger charge is -2.05. The molecule has 1 aliphatic rings. The first kappa shape index (κ1) is 11.0. The Labute approximate surface area is 96.6 Å². The smallest absolute Gasteiger partial charge is 0.0521 e. The van der Waals surface area contributed by atoms with Gasteiger partial charge in [-0.3, -0.25) is 4.68 Å². The monoisotopic (exact) mass is 226 g/mol. The van der Waals surface area contributed by atoms with E-state index in [2.05, 4.69) is 18.2 Å². The lowest BCUT2D eigenvalue weighted by molar-refractivity contribution is 0.635. The summed E-state index contributed by atoms with van der Waals surface area (Å²) in [5.41, 5.74) is 1.34. The SMILES string of the molecule is CCn1cc(CCCC(Cl)C2CC2)cn1. The van der Waals surface area contributed by atoms with Crippen LogP contribution in [0.5, 0.6) is 0 Å². The molecule has 84 valence electrons. The summed E-state index contributed by atoms with van der Waals surface area (Å²) in [6.45, 7) is 3.07. The fraction of sp³-hybridized carbons (Fsp3) is 0.750. The molecule has 1 aromatic heterocycles. The third kappa shape index (κ3) is 3.23. The second-order valence-corrected chi connectivity index (χ2v) is 5.01. The first-order valence-electron chi connectivity index (χ1n) is 5.95. The summed E-state index contributed by atoms with van der Waals surface area (Å²) in [5.74, 6) is 0.824. The Morgan fingerprint density at radius 3 is 3.00 bits per heavy atom. The van der Waals surface area contributed by atoms with E-state index in [1.807, 2.05) is 10.9 Å². The average molecular weight is 227 g/mol. The molecule has 1 fully saturated rings. The molecule has 1 atom stereocenters. The largest absolute Gasteiger partial charge is 0.273 e. The summed E-state index contributed by atoms with van der Waals surface area (Å²) < 4.78 is 1.98. The van der Waals surface area contributed by atoms with E-state index in [0.717, 1.165) is 25.3 Å². The molecule has 0 aromatic carbocycles. The molecular weight excluding hydrogens is 208 g/mol. The summed E-state index contributed by atoms with van der Waals surface area (Å²) in [7, 11) is 0. The predicted molar refractivity (Wildman–Crippen MR) is 63.2 cm³/mol. The molecule has 0 N–H and O–H groups in total. The van der Waals surface area contributed by atoms with Crippen LogP contribution in [0.4, 0.5) is 0 Å². The van der Waals surface area contributed by atoms with Crippen molar-refractivity contribution in [1.29, 1.82) is 0 Å². The molecule has 1 aliphatic carbocycles. The maximum Gasteiger partial charge on any atom is 0.0521 e. The minimum Gasteiger partial charge on any atom is -0.273 e. The van der Waals surface area contributed by atoms with Gasteiger partial charge in [0.25, 0.3) is 0 Å². The zero-order valence-corrected chi connectivity index (χ0v) is 10.1. The van der Waals surface area contributed by atoms with E-state index in [9.17, 15) is 0 Å². The summed E-state index contributed by atoms with van der Waals surface area (Å²) >= 11 is 6.26. The van der Waals surface area contributed by atoms with Crippen LogP contribution in [-0.2, 0) is 13.0 Å². The highest BCUT2D eigenvalue weighted by Gasteiger charge is 2.28. The normalized spacial score (nSPS) is 18.0. The van der Waals surface area contributed by atoms with E-state index in [1.165, 1.54) is 24.8 Å². The fourth-order valence-electron chi connectivity index (χ4n) is 1.90. The molecular formula is C12H19ClN2. The lowest BCUT2D eigenvalue weighted by Crippen LogP contribution is -2.01. The molecule has 0 aliphatic heterocycles. The van der Waals surface area contributed by atoms with E-state index in [4.69, 9.17) is 11.6 Å².